The molecular formula is C28H41NS. The summed E-state index contributed by atoms with van der Waals surface area (Å²) in [5.74, 6) is 0. The molecule has 30 heavy (non-hydrogen) atoms. The van der Waals surface area contributed by atoms with Gasteiger partial charge in [0.1, 0.15) is 0 Å². The minimum atomic E-state index is 1.13. The van der Waals surface area contributed by atoms with E-state index in [0.717, 1.165) is 6.54 Å². The summed E-state index contributed by atoms with van der Waals surface area (Å²) in [6.07, 6.45) is 19.8. The third-order valence-electron chi connectivity index (χ3n) is 6.27. The Morgan fingerprint density at radius 1 is 0.533 bits per heavy atom. The summed E-state index contributed by atoms with van der Waals surface area (Å²) < 4.78 is 0. The predicted molar refractivity (Wildman–Crippen MR) is 134 cm³/mol. The van der Waals surface area contributed by atoms with Gasteiger partial charge in [-0.15, -0.1) is 0 Å². The summed E-state index contributed by atoms with van der Waals surface area (Å²) in [7, 11) is 0. The van der Waals surface area contributed by atoms with Crippen LogP contribution >= 0.6 is 11.8 Å². The van der Waals surface area contributed by atoms with E-state index < -0.39 is 0 Å². The largest absolute Gasteiger partial charge is 0.340 e. The zero-order chi connectivity index (χ0) is 20.9. The number of benzene rings is 2. The zero-order valence-electron chi connectivity index (χ0n) is 19.1. The fourth-order valence-electron chi connectivity index (χ4n) is 4.49. The number of unbranched alkanes of at least 4 members (excludes halogenated alkanes) is 13. The van der Waals surface area contributed by atoms with Crippen molar-refractivity contribution in [2.75, 3.05) is 11.4 Å². The maximum absolute atomic E-state index is 2.54. The van der Waals surface area contributed by atoms with E-state index in [0.29, 0.717) is 0 Å². The minimum Gasteiger partial charge on any atom is -0.340 e. The highest BCUT2D eigenvalue weighted by atomic mass is 32.2. The zero-order valence-corrected chi connectivity index (χ0v) is 19.9. The molecule has 1 aliphatic rings. The number of fused-ring (bicyclic) bond motifs is 2. The Kier molecular flexibility index (Phi) is 10.7. The number of hydrogen-bond acceptors (Lipinski definition) is 2. The molecule has 0 fully saturated rings. The second kappa shape index (κ2) is 13.8. The molecule has 0 saturated carbocycles. The van der Waals surface area contributed by atoms with Crippen LogP contribution in [0.1, 0.15) is 96.8 Å². The molecule has 2 aromatic rings. The topological polar surface area (TPSA) is 3.24 Å². The van der Waals surface area contributed by atoms with Crippen molar-refractivity contribution in [3.8, 4) is 0 Å². The lowest BCUT2D eigenvalue weighted by atomic mass is 10.0. The Labute approximate surface area is 189 Å². The average molecular weight is 424 g/mol. The first-order chi connectivity index (χ1) is 14.9. The summed E-state index contributed by atoms with van der Waals surface area (Å²) in [5.41, 5.74) is 2.77. The highest BCUT2D eigenvalue weighted by Crippen LogP contribution is 2.47. The first-order valence-corrected chi connectivity index (χ1v) is 13.3. The Bertz CT molecular complexity index is 681. The van der Waals surface area contributed by atoms with Crippen LogP contribution in [0.4, 0.5) is 11.4 Å². The molecule has 0 radical (unpaired) electrons. The van der Waals surface area contributed by atoms with E-state index in [-0.39, 0.29) is 0 Å². The molecule has 2 heteroatoms. The van der Waals surface area contributed by atoms with Gasteiger partial charge >= 0.3 is 0 Å². The minimum absolute atomic E-state index is 1.13. The molecule has 0 amide bonds. The fraction of sp³-hybridized carbons (Fsp3) is 0.571. The third kappa shape index (κ3) is 7.38. The molecule has 0 aliphatic carbocycles. The molecular weight excluding hydrogens is 382 g/mol. The van der Waals surface area contributed by atoms with Crippen LogP contribution in [0.25, 0.3) is 0 Å². The van der Waals surface area contributed by atoms with E-state index >= 15 is 0 Å². The Morgan fingerprint density at radius 3 is 1.40 bits per heavy atom. The van der Waals surface area contributed by atoms with Crippen molar-refractivity contribution in [1.29, 1.82) is 0 Å². The van der Waals surface area contributed by atoms with Crippen LogP contribution in [0.3, 0.4) is 0 Å². The fourth-order valence-corrected chi connectivity index (χ4v) is 5.58. The number of hydrogen-bond donors (Lipinski definition) is 0. The Balaban J connectivity index is 1.27. The summed E-state index contributed by atoms with van der Waals surface area (Å²) in [6.45, 7) is 3.43. The predicted octanol–water partition coefficient (Wildman–Crippen LogP) is 9.77. The van der Waals surface area contributed by atoms with Crippen LogP contribution in [0.5, 0.6) is 0 Å². The van der Waals surface area contributed by atoms with Crippen molar-refractivity contribution >= 4 is 23.1 Å². The van der Waals surface area contributed by atoms with Crippen molar-refractivity contribution in [2.45, 2.75) is 107 Å². The van der Waals surface area contributed by atoms with Gasteiger partial charge in [0.05, 0.1) is 11.4 Å². The van der Waals surface area contributed by atoms with Gasteiger partial charge < -0.3 is 4.90 Å². The molecule has 1 nitrogen and oxygen atoms in total. The molecule has 1 aliphatic heterocycles. The molecule has 0 atom stereocenters. The standard InChI is InChI=1S/C28H41NS/c1-2-3-4-5-6-7-8-9-10-11-12-13-14-19-24-29-25-20-15-17-22-27(25)30-28-23-18-16-21-26(28)29/h15-18,20-23H,2-14,19,24H2,1H3. The van der Waals surface area contributed by atoms with E-state index in [1.807, 2.05) is 11.8 Å². The van der Waals surface area contributed by atoms with E-state index in [2.05, 4.69) is 60.4 Å². The van der Waals surface area contributed by atoms with E-state index in [1.165, 1.54) is 111 Å². The third-order valence-corrected chi connectivity index (χ3v) is 7.40. The van der Waals surface area contributed by atoms with Gasteiger partial charge in [-0.1, -0.05) is 126 Å². The van der Waals surface area contributed by atoms with Crippen LogP contribution < -0.4 is 4.90 Å². The monoisotopic (exact) mass is 423 g/mol. The Hall–Kier alpha value is -1.41. The lowest BCUT2D eigenvalue weighted by Crippen LogP contribution is -2.21. The van der Waals surface area contributed by atoms with Crippen LogP contribution in [0.15, 0.2) is 58.3 Å². The van der Waals surface area contributed by atoms with E-state index in [1.54, 1.807) is 0 Å². The summed E-state index contributed by atoms with van der Waals surface area (Å²) in [6, 6.07) is 17.7. The van der Waals surface area contributed by atoms with Gasteiger partial charge in [0.15, 0.2) is 0 Å². The second-order valence-corrected chi connectivity index (χ2v) is 9.87. The van der Waals surface area contributed by atoms with E-state index in [4.69, 9.17) is 0 Å². The highest BCUT2D eigenvalue weighted by Gasteiger charge is 2.21. The number of nitrogens with zero attached hydrogens (tertiary/aromatic N) is 1. The van der Waals surface area contributed by atoms with Gasteiger partial charge in [0.25, 0.3) is 0 Å². The molecule has 0 unspecified atom stereocenters. The quantitative estimate of drug-likeness (QED) is 0.262. The van der Waals surface area contributed by atoms with Crippen molar-refractivity contribution < 1.29 is 0 Å². The normalized spacial score (nSPS) is 12.6. The number of anilines is 2. The molecule has 1 heterocycles. The summed E-state index contributed by atoms with van der Waals surface area (Å²) in [5, 5.41) is 0. The van der Waals surface area contributed by atoms with Crippen molar-refractivity contribution in [1.82, 2.24) is 0 Å². The summed E-state index contributed by atoms with van der Waals surface area (Å²) in [4.78, 5) is 5.32. The van der Waals surface area contributed by atoms with Crippen molar-refractivity contribution in [3.63, 3.8) is 0 Å². The molecule has 0 bridgehead atoms. The van der Waals surface area contributed by atoms with Gasteiger partial charge in [0, 0.05) is 16.3 Å². The molecule has 3 rings (SSSR count). The van der Waals surface area contributed by atoms with Gasteiger partial charge in [0.2, 0.25) is 0 Å². The molecule has 2 aromatic carbocycles. The van der Waals surface area contributed by atoms with Gasteiger partial charge in [-0.3, -0.25) is 0 Å². The molecule has 164 valence electrons. The van der Waals surface area contributed by atoms with Gasteiger partial charge in [-0.2, -0.15) is 0 Å². The second-order valence-electron chi connectivity index (χ2n) is 8.79. The first-order valence-electron chi connectivity index (χ1n) is 12.5. The average Bonchev–Trinajstić information content (AvgIpc) is 2.78. The number of para-hydroxylation sites is 2. The molecule has 0 spiro atoms. The van der Waals surface area contributed by atoms with Crippen LogP contribution in [0.2, 0.25) is 0 Å². The molecule has 0 aromatic heterocycles. The number of rotatable bonds is 15. The maximum atomic E-state index is 2.54. The molecule has 0 N–H and O–H groups in total. The highest BCUT2D eigenvalue weighted by molar-refractivity contribution is 7.99. The van der Waals surface area contributed by atoms with Gasteiger partial charge in [-0.25, -0.2) is 0 Å². The lowest BCUT2D eigenvalue weighted by molar-refractivity contribution is 0.536. The first kappa shape index (κ1) is 23.3. The van der Waals surface area contributed by atoms with Crippen molar-refractivity contribution in [2.24, 2.45) is 0 Å². The Morgan fingerprint density at radius 2 is 0.933 bits per heavy atom. The van der Waals surface area contributed by atoms with Crippen molar-refractivity contribution in [3.05, 3.63) is 48.5 Å². The van der Waals surface area contributed by atoms with Crippen LogP contribution in [-0.2, 0) is 0 Å². The summed E-state index contributed by atoms with van der Waals surface area (Å²) >= 11 is 1.91. The molecule has 0 saturated heterocycles. The van der Waals surface area contributed by atoms with Crippen LogP contribution in [0, 0.1) is 0 Å². The van der Waals surface area contributed by atoms with Crippen LogP contribution in [-0.4, -0.2) is 6.54 Å². The van der Waals surface area contributed by atoms with Gasteiger partial charge in [-0.05, 0) is 30.7 Å². The van der Waals surface area contributed by atoms with E-state index in [9.17, 15) is 0 Å². The smallest absolute Gasteiger partial charge is 0.0552 e. The lowest BCUT2D eigenvalue weighted by Gasteiger charge is -2.32. The SMILES string of the molecule is CCCCCCCCCCCCCCCCN1c2ccccc2Sc2ccccc21. The maximum Gasteiger partial charge on any atom is 0.0552 e.